The highest BCUT2D eigenvalue weighted by Crippen LogP contribution is 2.50. The van der Waals surface area contributed by atoms with E-state index in [-0.39, 0.29) is 50.6 Å². The first kappa shape index (κ1) is 56.4. The topological polar surface area (TPSA) is 146 Å². The quantitative estimate of drug-likeness (QED) is 0.139. The Balaban J connectivity index is 1.15. The van der Waals surface area contributed by atoms with Gasteiger partial charge < -0.3 is 9.13 Å². The zero-order valence-electron chi connectivity index (χ0n) is 47.6. The van der Waals surface area contributed by atoms with Crippen LogP contribution in [0.5, 0.6) is 0 Å². The van der Waals surface area contributed by atoms with E-state index >= 15 is 13.2 Å². The summed E-state index contributed by atoms with van der Waals surface area (Å²) < 4.78 is 50.2. The molecule has 0 atom stereocenters. The first-order chi connectivity index (χ1) is 44.2. The van der Waals surface area contributed by atoms with Gasteiger partial charge in [0.2, 0.25) is 0 Å². The van der Waals surface area contributed by atoms with Crippen LogP contribution in [-0.4, -0.2) is 9.13 Å². The number of nitrogens with zero attached hydrogens (tertiary/aromatic N) is 11. The van der Waals surface area contributed by atoms with E-state index in [4.69, 9.17) is 26.3 Å². The maximum absolute atomic E-state index is 15.4. The van der Waals surface area contributed by atoms with Gasteiger partial charge in [0, 0.05) is 49.5 Å². The third-order valence-electron chi connectivity index (χ3n) is 16.6. The Morgan fingerprint density at radius 2 is 0.802 bits per heavy atom. The molecule has 420 valence electrons. The number of benzene rings is 11. The van der Waals surface area contributed by atoms with Crippen molar-refractivity contribution in [2.75, 3.05) is 0 Å². The number of aryl methyl sites for hydroxylation is 1. The molecule has 11 aromatic carbocycles. The van der Waals surface area contributed by atoms with Crippen LogP contribution in [0.1, 0.15) is 38.9 Å². The molecule has 0 amide bonds. The molecule has 0 aliphatic heterocycles. The van der Waals surface area contributed by atoms with Crippen molar-refractivity contribution in [3.8, 4) is 108 Å². The Kier molecular flexibility index (Phi) is 13.8. The van der Waals surface area contributed by atoms with Crippen molar-refractivity contribution < 1.29 is 13.2 Å². The second-order valence-electron chi connectivity index (χ2n) is 21.5. The summed E-state index contributed by atoms with van der Waals surface area (Å²) in [6.07, 6.45) is -4.77. The molecule has 0 radical (unpaired) electrons. The maximum atomic E-state index is 15.4. The van der Waals surface area contributed by atoms with Crippen LogP contribution in [-0.2, 0) is 6.18 Å². The van der Waals surface area contributed by atoms with Crippen molar-refractivity contribution in [1.29, 1.82) is 26.3 Å². The van der Waals surface area contributed by atoms with Crippen LogP contribution in [0.15, 0.2) is 200 Å². The van der Waals surface area contributed by atoms with Crippen LogP contribution < -0.4 is 0 Å². The lowest BCUT2D eigenvalue weighted by Crippen LogP contribution is -2.08. The Morgan fingerprint density at radius 3 is 1.27 bits per heavy atom. The predicted octanol–water partition coefficient (Wildman–Crippen LogP) is 20.8. The summed E-state index contributed by atoms with van der Waals surface area (Å²) in [4.78, 5) is 15.1. The van der Waals surface area contributed by atoms with Gasteiger partial charge in [0.1, 0.15) is 0 Å². The van der Waals surface area contributed by atoms with E-state index in [1.165, 1.54) is 30.3 Å². The van der Waals surface area contributed by atoms with E-state index in [2.05, 4.69) is 49.7 Å². The van der Waals surface area contributed by atoms with Gasteiger partial charge in [-0.1, -0.05) is 91.0 Å². The third kappa shape index (κ3) is 9.41. The molecule has 2 aromatic heterocycles. The van der Waals surface area contributed by atoms with E-state index in [9.17, 15) is 26.3 Å². The minimum atomic E-state index is -4.77. The molecule has 14 heteroatoms. The second kappa shape index (κ2) is 22.3. The number of aromatic nitrogens is 2. The van der Waals surface area contributed by atoms with E-state index in [0.717, 1.165) is 6.07 Å². The number of hydrogen-bond acceptors (Lipinski definition) is 5. The number of hydrogen-bond donors (Lipinski definition) is 0. The number of halogens is 3. The zero-order chi connectivity index (χ0) is 63.4. The van der Waals surface area contributed by atoms with E-state index in [1.807, 2.05) is 88.0 Å². The second-order valence-corrected chi connectivity index (χ2v) is 21.5. The minimum Gasteiger partial charge on any atom is -0.310 e. The van der Waals surface area contributed by atoms with Gasteiger partial charge in [-0.3, -0.25) is 0 Å². The predicted molar refractivity (Wildman–Crippen MR) is 346 cm³/mol. The third-order valence-corrected chi connectivity index (χ3v) is 16.6. The summed E-state index contributed by atoms with van der Waals surface area (Å²) in [5.41, 5.74) is 11.0. The normalized spacial score (nSPS) is 11.0. The molecule has 0 N–H and O–H groups in total. The first-order valence-electron chi connectivity index (χ1n) is 27.9. The molecule has 2 heterocycles. The fraction of sp³-hybridized carbons (Fsp3) is 0.0260. The molecule has 11 nitrogen and oxygen atoms in total. The minimum absolute atomic E-state index is 0.0608. The SMILES string of the molecule is [C-]#[N+]c1ccc(-c2ccc3c(c2)c2cc(-c4ccc(C#N)cc4[N+]#[C-])ccc2n3-c2ccc(-c3c(C)cccc3C(F)(F)F)cc2-c2c([N+]#[C-])cccc2-n2c3ccc(-c4ccc(C#N)cc4C#N)cc3c3cc(-c4ccc([N+]#[C-])cc4C#N)ccc32)c(C#N)c1. The van der Waals surface area contributed by atoms with Crippen LogP contribution in [0.25, 0.3) is 141 Å². The average Bonchev–Trinajstić information content (AvgIpc) is 1.61. The molecule has 13 aromatic rings. The molecule has 0 fully saturated rings. The highest BCUT2D eigenvalue weighted by Gasteiger charge is 2.35. The van der Waals surface area contributed by atoms with Gasteiger partial charge in [-0.15, -0.1) is 0 Å². The summed E-state index contributed by atoms with van der Waals surface area (Å²) in [6.45, 7) is 34.0. The van der Waals surface area contributed by atoms with E-state index in [1.54, 1.807) is 91.9 Å². The summed E-state index contributed by atoms with van der Waals surface area (Å²) in [5, 5.41) is 53.5. The molecule has 0 aliphatic rings. The lowest BCUT2D eigenvalue weighted by Gasteiger charge is -2.22. The van der Waals surface area contributed by atoms with Gasteiger partial charge in [0.15, 0.2) is 22.7 Å². The molecule has 91 heavy (non-hydrogen) atoms. The zero-order valence-corrected chi connectivity index (χ0v) is 47.6. The number of nitriles is 5. The van der Waals surface area contributed by atoms with Crippen LogP contribution in [0, 0.1) is 89.9 Å². The first-order valence-corrected chi connectivity index (χ1v) is 27.9. The van der Waals surface area contributed by atoms with Crippen molar-refractivity contribution in [3.63, 3.8) is 0 Å². The Hall–Kier alpha value is -13.8. The van der Waals surface area contributed by atoms with Crippen molar-refractivity contribution in [1.82, 2.24) is 9.13 Å². The number of fused-ring (bicyclic) bond motifs is 6. The molecule has 0 bridgehead atoms. The summed E-state index contributed by atoms with van der Waals surface area (Å²) in [6, 6.07) is 67.7. The summed E-state index contributed by atoms with van der Waals surface area (Å²) in [5.74, 6) is 0. The fourth-order valence-corrected chi connectivity index (χ4v) is 12.5. The molecule has 0 spiro atoms. The average molecular weight is 1170 g/mol. The van der Waals surface area contributed by atoms with Crippen LogP contribution in [0.2, 0.25) is 0 Å². The molecular weight excluding hydrogens is 1140 g/mol. The largest absolute Gasteiger partial charge is 0.417 e. The van der Waals surface area contributed by atoms with Crippen molar-refractivity contribution in [2.45, 2.75) is 13.1 Å². The molecule has 13 rings (SSSR count). The highest BCUT2D eigenvalue weighted by molar-refractivity contribution is 6.15. The lowest BCUT2D eigenvalue weighted by atomic mass is 9.90. The van der Waals surface area contributed by atoms with Crippen LogP contribution >= 0.6 is 0 Å². The van der Waals surface area contributed by atoms with Crippen LogP contribution in [0.4, 0.5) is 35.9 Å². The Labute approximate surface area is 518 Å². The van der Waals surface area contributed by atoms with Gasteiger partial charge in [-0.2, -0.15) is 39.5 Å². The summed E-state index contributed by atoms with van der Waals surface area (Å²) >= 11 is 0. The molecule has 0 unspecified atom stereocenters. The Bertz CT molecular complexity index is 5530. The smallest absolute Gasteiger partial charge is 0.310 e. The Morgan fingerprint density at radius 1 is 0.363 bits per heavy atom. The van der Waals surface area contributed by atoms with Crippen molar-refractivity contribution in [3.05, 3.63) is 285 Å². The highest BCUT2D eigenvalue weighted by atomic mass is 19.4. The van der Waals surface area contributed by atoms with E-state index in [0.29, 0.717) is 127 Å². The number of alkyl halides is 3. The molecular formula is C77H36F3N11. The van der Waals surface area contributed by atoms with Crippen molar-refractivity contribution >= 4 is 66.4 Å². The number of rotatable bonds is 8. The van der Waals surface area contributed by atoms with Gasteiger partial charge in [-0.25, -0.2) is 19.4 Å². The van der Waals surface area contributed by atoms with Gasteiger partial charge in [-0.05, 0) is 183 Å². The van der Waals surface area contributed by atoms with Gasteiger partial charge >= 0.3 is 6.18 Å². The maximum Gasteiger partial charge on any atom is 0.417 e. The monoisotopic (exact) mass is 1170 g/mol. The van der Waals surface area contributed by atoms with Crippen LogP contribution in [0.3, 0.4) is 0 Å². The molecule has 0 saturated heterocycles. The van der Waals surface area contributed by atoms with Crippen molar-refractivity contribution in [2.24, 2.45) is 0 Å². The molecule has 0 aliphatic carbocycles. The standard InChI is InChI=1S/C77H36F3N11/c1-44-8-6-9-66(77(78,79)80)75(44)51-18-29-73(90-69-25-14-48(58-23-19-55(86-2)32-53(58)42-84)35-61(69)64-37-50(17-28-70(64)90)60-22-13-46(40-82)31-68(60)89-5)65(38-51)76-67(88-4)10-7-11-74(76)91-71-26-15-47(57-21-12-45(39-81)30-52(57)41-83)34-62(71)63-36-49(16-27-72(63)91)59-24-20-56(87-3)33-54(59)43-85/h6-38H,1H3. The summed E-state index contributed by atoms with van der Waals surface area (Å²) in [7, 11) is 0. The van der Waals surface area contributed by atoms with E-state index < -0.39 is 11.7 Å². The lowest BCUT2D eigenvalue weighted by molar-refractivity contribution is -0.137. The van der Waals surface area contributed by atoms with Gasteiger partial charge in [0.05, 0.1) is 101 Å². The molecule has 0 saturated carbocycles. The fourth-order valence-electron chi connectivity index (χ4n) is 12.5. The van der Waals surface area contributed by atoms with Gasteiger partial charge in [0.25, 0.3) is 0 Å².